The van der Waals surface area contributed by atoms with Gasteiger partial charge >= 0.3 is 5.97 Å². The molecule has 0 radical (unpaired) electrons. The van der Waals surface area contributed by atoms with E-state index in [2.05, 4.69) is 9.88 Å². The molecule has 0 amide bonds. The van der Waals surface area contributed by atoms with E-state index in [0.29, 0.717) is 5.92 Å². The summed E-state index contributed by atoms with van der Waals surface area (Å²) in [7, 11) is 1.97. The number of hydrogen-bond donors (Lipinski definition) is 1. The van der Waals surface area contributed by atoms with Crippen molar-refractivity contribution in [3.05, 3.63) is 24.0 Å². The number of ether oxygens (including phenoxy) is 1. The number of aromatic nitrogens is 1. The van der Waals surface area contributed by atoms with E-state index in [1.54, 1.807) is 6.07 Å². The van der Waals surface area contributed by atoms with Crippen LogP contribution in [0.1, 0.15) is 23.3 Å². The van der Waals surface area contributed by atoms with Gasteiger partial charge in [-0.2, -0.15) is 0 Å². The third-order valence-electron chi connectivity index (χ3n) is 3.19. The average molecular weight is 250 g/mol. The summed E-state index contributed by atoms with van der Waals surface area (Å²) in [4.78, 5) is 16.7. The van der Waals surface area contributed by atoms with Gasteiger partial charge in [-0.05, 0) is 30.9 Å². The summed E-state index contributed by atoms with van der Waals surface area (Å²) in [6.45, 7) is 2.53. The Hall–Kier alpha value is -1.62. The molecular weight excluding hydrogens is 232 g/mol. The Morgan fingerprint density at radius 3 is 3.17 bits per heavy atom. The lowest BCUT2D eigenvalue weighted by Crippen LogP contribution is -2.30. The van der Waals surface area contributed by atoms with Crippen LogP contribution in [0.15, 0.2) is 18.3 Å². The molecule has 2 heterocycles. The SMILES string of the molecule is CN(CC1CCCOC1)c1ccnc(C(=O)O)c1. The third kappa shape index (κ3) is 3.20. The normalized spacial score (nSPS) is 19.5. The fourth-order valence-electron chi connectivity index (χ4n) is 2.22. The van der Waals surface area contributed by atoms with Crippen molar-refractivity contribution >= 4 is 11.7 Å². The van der Waals surface area contributed by atoms with Gasteiger partial charge in [-0.15, -0.1) is 0 Å². The van der Waals surface area contributed by atoms with Gasteiger partial charge in [-0.25, -0.2) is 9.78 Å². The van der Waals surface area contributed by atoms with E-state index in [9.17, 15) is 4.79 Å². The Labute approximate surface area is 106 Å². The van der Waals surface area contributed by atoms with Crippen molar-refractivity contribution in [1.29, 1.82) is 0 Å². The summed E-state index contributed by atoms with van der Waals surface area (Å²) < 4.78 is 5.45. The molecule has 1 N–H and O–H groups in total. The zero-order chi connectivity index (χ0) is 13.0. The molecule has 0 aliphatic carbocycles. The van der Waals surface area contributed by atoms with Gasteiger partial charge in [0.25, 0.3) is 0 Å². The Balaban J connectivity index is 2.01. The average Bonchev–Trinajstić information content (AvgIpc) is 2.40. The topological polar surface area (TPSA) is 62.7 Å². The maximum atomic E-state index is 10.9. The third-order valence-corrected chi connectivity index (χ3v) is 3.19. The van der Waals surface area contributed by atoms with E-state index in [1.807, 2.05) is 13.1 Å². The van der Waals surface area contributed by atoms with Gasteiger partial charge < -0.3 is 14.7 Å². The first-order chi connectivity index (χ1) is 8.66. The van der Waals surface area contributed by atoms with Gasteiger partial charge in [0, 0.05) is 32.1 Å². The number of nitrogens with zero attached hydrogens (tertiary/aromatic N) is 2. The van der Waals surface area contributed by atoms with Crippen LogP contribution in [0, 0.1) is 5.92 Å². The monoisotopic (exact) mass is 250 g/mol. The van der Waals surface area contributed by atoms with Crippen LogP contribution in [0.2, 0.25) is 0 Å². The highest BCUT2D eigenvalue weighted by Crippen LogP contribution is 2.19. The molecule has 0 aromatic carbocycles. The minimum atomic E-state index is -0.994. The van der Waals surface area contributed by atoms with Crippen molar-refractivity contribution in [2.75, 3.05) is 31.7 Å². The molecule has 18 heavy (non-hydrogen) atoms. The van der Waals surface area contributed by atoms with Gasteiger partial charge in [-0.1, -0.05) is 0 Å². The van der Waals surface area contributed by atoms with Crippen LogP contribution in [0.4, 0.5) is 5.69 Å². The minimum absolute atomic E-state index is 0.0826. The molecule has 0 spiro atoms. The van der Waals surface area contributed by atoms with Crippen LogP contribution < -0.4 is 4.90 Å². The molecule has 1 saturated heterocycles. The van der Waals surface area contributed by atoms with E-state index < -0.39 is 5.97 Å². The Kier molecular flexibility index (Phi) is 4.15. The highest BCUT2D eigenvalue weighted by molar-refractivity contribution is 5.86. The van der Waals surface area contributed by atoms with Crippen LogP contribution in [-0.2, 0) is 4.74 Å². The molecule has 1 fully saturated rings. The van der Waals surface area contributed by atoms with Crippen molar-refractivity contribution in [3.8, 4) is 0 Å². The molecule has 1 unspecified atom stereocenters. The van der Waals surface area contributed by atoms with Crippen LogP contribution >= 0.6 is 0 Å². The molecule has 5 heteroatoms. The molecular formula is C13H18N2O3. The van der Waals surface area contributed by atoms with Gasteiger partial charge in [0.1, 0.15) is 5.69 Å². The fraction of sp³-hybridized carbons (Fsp3) is 0.538. The molecule has 1 aromatic heterocycles. The Morgan fingerprint density at radius 1 is 1.67 bits per heavy atom. The first-order valence-electron chi connectivity index (χ1n) is 6.15. The van der Waals surface area contributed by atoms with Gasteiger partial charge in [0.05, 0.1) is 6.61 Å². The molecule has 2 rings (SSSR count). The van der Waals surface area contributed by atoms with Crippen molar-refractivity contribution in [1.82, 2.24) is 4.98 Å². The summed E-state index contributed by atoms with van der Waals surface area (Å²) in [5, 5.41) is 8.91. The second-order valence-corrected chi connectivity index (χ2v) is 4.67. The van der Waals surface area contributed by atoms with Crippen LogP contribution in [0.5, 0.6) is 0 Å². The lowest BCUT2D eigenvalue weighted by Gasteiger charge is -2.28. The minimum Gasteiger partial charge on any atom is -0.477 e. The Bertz CT molecular complexity index is 416. The number of rotatable bonds is 4. The lowest BCUT2D eigenvalue weighted by molar-refractivity contribution is 0.0576. The zero-order valence-corrected chi connectivity index (χ0v) is 10.5. The Morgan fingerprint density at radius 2 is 2.50 bits per heavy atom. The summed E-state index contributed by atoms with van der Waals surface area (Å²) in [6.07, 6.45) is 3.81. The predicted molar refractivity (Wildman–Crippen MR) is 68.0 cm³/mol. The van der Waals surface area contributed by atoms with Gasteiger partial charge in [0.2, 0.25) is 0 Å². The van der Waals surface area contributed by atoms with Crippen molar-refractivity contribution in [3.63, 3.8) is 0 Å². The number of hydrogen-bond acceptors (Lipinski definition) is 4. The van der Waals surface area contributed by atoms with Crippen molar-refractivity contribution < 1.29 is 14.6 Å². The summed E-state index contributed by atoms with van der Waals surface area (Å²) in [6, 6.07) is 3.43. The highest BCUT2D eigenvalue weighted by Gasteiger charge is 2.16. The maximum Gasteiger partial charge on any atom is 0.354 e. The molecule has 1 aromatic rings. The van der Waals surface area contributed by atoms with Gasteiger partial charge in [-0.3, -0.25) is 0 Å². The predicted octanol–water partition coefficient (Wildman–Crippen LogP) is 1.64. The first kappa shape index (κ1) is 12.8. The molecule has 5 nitrogen and oxygen atoms in total. The molecule has 1 atom stereocenters. The highest BCUT2D eigenvalue weighted by atomic mass is 16.5. The van der Waals surface area contributed by atoms with Crippen molar-refractivity contribution in [2.24, 2.45) is 5.92 Å². The summed E-state index contributed by atoms with van der Waals surface area (Å²) in [5.74, 6) is -0.476. The molecule has 1 aliphatic rings. The van der Waals surface area contributed by atoms with E-state index in [1.165, 1.54) is 12.6 Å². The van der Waals surface area contributed by atoms with Crippen LogP contribution in [-0.4, -0.2) is 42.9 Å². The van der Waals surface area contributed by atoms with Crippen molar-refractivity contribution in [2.45, 2.75) is 12.8 Å². The van der Waals surface area contributed by atoms with E-state index in [4.69, 9.17) is 9.84 Å². The maximum absolute atomic E-state index is 10.9. The van der Waals surface area contributed by atoms with E-state index in [0.717, 1.165) is 31.9 Å². The number of carboxylic acids is 1. The van der Waals surface area contributed by atoms with E-state index in [-0.39, 0.29) is 5.69 Å². The number of carboxylic acid groups (broad SMARTS) is 1. The number of carbonyl (C=O) groups is 1. The standard InChI is InChI=1S/C13H18N2O3/c1-15(8-10-3-2-6-18-9-10)11-4-5-14-12(7-11)13(16)17/h4-5,7,10H,2-3,6,8-9H2,1H3,(H,16,17). The molecule has 0 saturated carbocycles. The number of aromatic carboxylic acids is 1. The van der Waals surface area contributed by atoms with Crippen LogP contribution in [0.25, 0.3) is 0 Å². The summed E-state index contributed by atoms with van der Waals surface area (Å²) >= 11 is 0. The molecule has 1 aliphatic heterocycles. The number of pyridine rings is 1. The lowest BCUT2D eigenvalue weighted by atomic mass is 10.0. The summed E-state index contributed by atoms with van der Waals surface area (Å²) in [5.41, 5.74) is 0.965. The zero-order valence-electron chi connectivity index (χ0n) is 10.5. The van der Waals surface area contributed by atoms with Gasteiger partial charge in [0.15, 0.2) is 0 Å². The molecule has 98 valence electrons. The second kappa shape index (κ2) is 5.82. The second-order valence-electron chi connectivity index (χ2n) is 4.67. The first-order valence-corrected chi connectivity index (χ1v) is 6.15. The quantitative estimate of drug-likeness (QED) is 0.880. The van der Waals surface area contributed by atoms with Crippen LogP contribution in [0.3, 0.4) is 0 Å². The molecule has 0 bridgehead atoms. The number of anilines is 1. The largest absolute Gasteiger partial charge is 0.477 e. The fourth-order valence-corrected chi connectivity index (χ4v) is 2.22. The smallest absolute Gasteiger partial charge is 0.354 e. The van der Waals surface area contributed by atoms with E-state index >= 15 is 0 Å².